The Hall–Kier alpha value is -2.18. The number of hydrogen-bond acceptors (Lipinski definition) is 5. The minimum Gasteiger partial charge on any atom is -0.462 e. The van der Waals surface area contributed by atoms with Gasteiger partial charge in [-0.2, -0.15) is 0 Å². The van der Waals surface area contributed by atoms with Crippen molar-refractivity contribution in [3.63, 3.8) is 0 Å². The third-order valence-electron chi connectivity index (χ3n) is 11.9. The topological polar surface area (TPSA) is 95.9 Å². The number of amides is 1. The summed E-state index contributed by atoms with van der Waals surface area (Å²) in [5.74, 6) is -0.518. The normalized spacial score (nSPS) is 13.6. The summed E-state index contributed by atoms with van der Waals surface area (Å²) in [6, 6.07) is -0.715. The molecular weight excluding hydrogens is 755 g/mol. The van der Waals surface area contributed by atoms with Gasteiger partial charge in [-0.1, -0.05) is 217 Å². The van der Waals surface area contributed by atoms with E-state index in [1.807, 2.05) is 0 Å². The van der Waals surface area contributed by atoms with Crippen LogP contribution in [0.4, 0.5) is 0 Å². The maximum absolute atomic E-state index is 13.2. The molecule has 0 saturated carbocycles. The van der Waals surface area contributed by atoms with E-state index in [0.717, 1.165) is 77.0 Å². The van der Waals surface area contributed by atoms with Crippen molar-refractivity contribution in [2.24, 2.45) is 0 Å². The van der Waals surface area contributed by atoms with Gasteiger partial charge in [-0.3, -0.25) is 9.59 Å². The van der Waals surface area contributed by atoms with Crippen LogP contribution in [-0.4, -0.2) is 46.9 Å². The highest BCUT2D eigenvalue weighted by atomic mass is 16.5. The van der Waals surface area contributed by atoms with E-state index in [1.165, 1.54) is 141 Å². The summed E-state index contributed by atoms with van der Waals surface area (Å²) < 4.78 is 5.90. The summed E-state index contributed by atoms with van der Waals surface area (Å²) in [5, 5.41) is 23.8. The molecule has 6 nitrogen and oxygen atoms in total. The van der Waals surface area contributed by atoms with Crippen LogP contribution in [0, 0.1) is 0 Å². The van der Waals surface area contributed by atoms with Crippen molar-refractivity contribution in [3.8, 4) is 0 Å². The number of rotatable bonds is 47. The first-order chi connectivity index (χ1) is 30.0. The van der Waals surface area contributed by atoms with Gasteiger partial charge < -0.3 is 20.3 Å². The van der Waals surface area contributed by atoms with Gasteiger partial charge in [-0.25, -0.2) is 0 Å². The van der Waals surface area contributed by atoms with E-state index in [0.29, 0.717) is 19.3 Å². The summed E-state index contributed by atoms with van der Waals surface area (Å²) in [4.78, 5) is 26.1. The molecule has 0 aliphatic carbocycles. The maximum Gasteiger partial charge on any atom is 0.306 e. The molecule has 0 saturated heterocycles. The van der Waals surface area contributed by atoms with Crippen LogP contribution in [0.1, 0.15) is 265 Å². The largest absolute Gasteiger partial charge is 0.462 e. The number of aliphatic hydroxyl groups is 2. The van der Waals surface area contributed by atoms with Gasteiger partial charge in [0.15, 0.2) is 0 Å². The zero-order chi connectivity index (χ0) is 44.5. The fourth-order valence-electron chi connectivity index (χ4n) is 7.83. The smallest absolute Gasteiger partial charge is 0.306 e. The SMILES string of the molecule is CCCC/C=C\CCCCCCCC(=O)OC(CCCC/C=C\C/C=C\C/C=C\CCCCC)CC(=O)NC(CO)C(O)CCCCCCCCCCCCCCCCCC. The average Bonchev–Trinajstić information content (AvgIpc) is 3.25. The van der Waals surface area contributed by atoms with E-state index >= 15 is 0 Å². The maximum atomic E-state index is 13.2. The van der Waals surface area contributed by atoms with Crippen molar-refractivity contribution in [2.45, 2.75) is 283 Å². The number of esters is 1. The summed E-state index contributed by atoms with van der Waals surface area (Å²) in [5.41, 5.74) is 0. The fraction of sp³-hybridized carbons (Fsp3) is 0.818. The number of nitrogens with one attached hydrogen (secondary N) is 1. The molecule has 6 heteroatoms. The van der Waals surface area contributed by atoms with Crippen LogP contribution in [0.25, 0.3) is 0 Å². The number of carbonyl (C=O) groups excluding carboxylic acids is 2. The molecule has 0 fully saturated rings. The van der Waals surface area contributed by atoms with Crippen molar-refractivity contribution in [2.75, 3.05) is 6.61 Å². The molecule has 3 atom stereocenters. The van der Waals surface area contributed by atoms with Crippen molar-refractivity contribution in [3.05, 3.63) is 48.6 Å². The van der Waals surface area contributed by atoms with E-state index in [9.17, 15) is 19.8 Å². The minimum atomic E-state index is -0.799. The zero-order valence-electron chi connectivity index (χ0n) is 40.5. The predicted molar refractivity (Wildman–Crippen MR) is 264 cm³/mol. The lowest BCUT2D eigenvalue weighted by Crippen LogP contribution is -2.46. The molecule has 0 aromatic carbocycles. The molecule has 0 radical (unpaired) electrons. The lowest BCUT2D eigenvalue weighted by atomic mass is 10.0. The third kappa shape index (κ3) is 44.2. The third-order valence-corrected chi connectivity index (χ3v) is 11.9. The van der Waals surface area contributed by atoms with E-state index in [2.05, 4.69) is 74.7 Å². The number of allylic oxidation sites excluding steroid dienone is 8. The van der Waals surface area contributed by atoms with E-state index in [-0.39, 0.29) is 24.9 Å². The molecule has 0 bridgehead atoms. The van der Waals surface area contributed by atoms with Gasteiger partial charge in [0, 0.05) is 6.42 Å². The molecule has 0 aromatic heterocycles. The Morgan fingerprint density at radius 2 is 0.852 bits per heavy atom. The lowest BCUT2D eigenvalue weighted by molar-refractivity contribution is -0.151. The van der Waals surface area contributed by atoms with Gasteiger partial charge in [-0.05, 0) is 83.5 Å². The highest BCUT2D eigenvalue weighted by molar-refractivity contribution is 5.77. The van der Waals surface area contributed by atoms with Crippen molar-refractivity contribution < 1.29 is 24.5 Å². The molecule has 0 rings (SSSR count). The first-order valence-electron chi connectivity index (χ1n) is 26.4. The predicted octanol–water partition coefficient (Wildman–Crippen LogP) is 15.8. The van der Waals surface area contributed by atoms with Gasteiger partial charge in [-0.15, -0.1) is 0 Å². The first kappa shape index (κ1) is 58.8. The Balaban J connectivity index is 4.59. The van der Waals surface area contributed by atoms with Gasteiger partial charge >= 0.3 is 5.97 Å². The van der Waals surface area contributed by atoms with Crippen molar-refractivity contribution in [1.29, 1.82) is 0 Å². The molecule has 1 amide bonds. The number of ether oxygens (including phenoxy) is 1. The summed E-state index contributed by atoms with van der Waals surface area (Å²) in [6.07, 6.45) is 58.8. The van der Waals surface area contributed by atoms with Crippen LogP contribution in [0.5, 0.6) is 0 Å². The lowest BCUT2D eigenvalue weighted by Gasteiger charge is -2.24. The monoisotopic (exact) mass is 856 g/mol. The highest BCUT2D eigenvalue weighted by Crippen LogP contribution is 2.17. The quantitative estimate of drug-likeness (QED) is 0.0322. The second-order valence-electron chi connectivity index (χ2n) is 17.9. The second-order valence-corrected chi connectivity index (χ2v) is 17.9. The Morgan fingerprint density at radius 1 is 0.475 bits per heavy atom. The van der Waals surface area contributed by atoms with Crippen molar-refractivity contribution >= 4 is 11.9 Å². The molecule has 3 unspecified atom stereocenters. The standard InChI is InChI=1S/C55H101NO5/c1-4-7-10-13-16-19-22-24-26-28-30-33-35-38-41-44-47-53(58)52(50-57)56-54(59)49-51(61-55(60)48-45-42-39-36-31-21-18-15-12-9-6-3)46-43-40-37-34-32-29-27-25-23-20-17-14-11-8-5-2/h15,17-18,20,25,27,32,34,51-53,57-58H,4-14,16,19,21-24,26,28-31,33,35-50H2,1-3H3,(H,56,59)/b18-15-,20-17-,27-25-,34-32-. The van der Waals surface area contributed by atoms with Crippen LogP contribution in [0.3, 0.4) is 0 Å². The van der Waals surface area contributed by atoms with Gasteiger partial charge in [0.05, 0.1) is 25.2 Å². The van der Waals surface area contributed by atoms with Gasteiger partial charge in [0.25, 0.3) is 0 Å². The summed E-state index contributed by atoms with van der Waals surface area (Å²) in [7, 11) is 0. The minimum absolute atomic E-state index is 0.0491. The van der Waals surface area contributed by atoms with Crippen LogP contribution in [-0.2, 0) is 14.3 Å². The molecule has 3 N–H and O–H groups in total. The number of carbonyl (C=O) groups is 2. The molecule has 0 aliphatic heterocycles. The molecule has 0 aliphatic rings. The Morgan fingerprint density at radius 3 is 1.38 bits per heavy atom. The summed E-state index contributed by atoms with van der Waals surface area (Å²) in [6.45, 7) is 6.42. The first-order valence-corrected chi connectivity index (χ1v) is 26.4. The van der Waals surface area contributed by atoms with E-state index < -0.39 is 18.2 Å². The molecule has 0 heterocycles. The van der Waals surface area contributed by atoms with Gasteiger partial charge in [0.2, 0.25) is 5.91 Å². The Bertz CT molecular complexity index is 1050. The van der Waals surface area contributed by atoms with Crippen LogP contribution in [0.15, 0.2) is 48.6 Å². The fourth-order valence-corrected chi connectivity index (χ4v) is 7.83. The highest BCUT2D eigenvalue weighted by Gasteiger charge is 2.24. The number of hydrogen-bond donors (Lipinski definition) is 3. The molecule has 61 heavy (non-hydrogen) atoms. The van der Waals surface area contributed by atoms with Crippen LogP contribution >= 0.6 is 0 Å². The van der Waals surface area contributed by atoms with Crippen LogP contribution in [0.2, 0.25) is 0 Å². The average molecular weight is 856 g/mol. The van der Waals surface area contributed by atoms with Crippen molar-refractivity contribution in [1.82, 2.24) is 5.32 Å². The van der Waals surface area contributed by atoms with Gasteiger partial charge in [0.1, 0.15) is 6.10 Å². The molecule has 0 aromatic rings. The molecule has 0 spiro atoms. The van der Waals surface area contributed by atoms with E-state index in [4.69, 9.17) is 4.74 Å². The Kier molecular flexibility index (Phi) is 47.1. The van der Waals surface area contributed by atoms with E-state index in [1.54, 1.807) is 0 Å². The summed E-state index contributed by atoms with van der Waals surface area (Å²) >= 11 is 0. The molecule has 356 valence electrons. The Labute approximate surface area is 378 Å². The van der Waals surface area contributed by atoms with Crippen LogP contribution < -0.4 is 5.32 Å². The molecular formula is C55H101NO5. The number of unbranched alkanes of at least 4 members (excludes halogenated alkanes) is 27. The number of aliphatic hydroxyl groups excluding tert-OH is 2. The zero-order valence-corrected chi connectivity index (χ0v) is 40.5. The second kappa shape index (κ2) is 48.8.